The molecule has 5 rings (SSSR count). The average molecular weight is 397 g/mol. The predicted molar refractivity (Wildman–Crippen MR) is 113 cm³/mol. The molecule has 4 aromatic rings. The van der Waals surface area contributed by atoms with Crippen LogP contribution in [0.3, 0.4) is 0 Å². The fourth-order valence-electron chi connectivity index (χ4n) is 3.44. The van der Waals surface area contributed by atoms with Gasteiger partial charge in [-0.05, 0) is 49.7 Å². The van der Waals surface area contributed by atoms with Gasteiger partial charge in [0.15, 0.2) is 0 Å². The van der Waals surface area contributed by atoms with E-state index in [9.17, 15) is 4.39 Å². The van der Waals surface area contributed by atoms with Gasteiger partial charge in [0.1, 0.15) is 10.6 Å². The number of rotatable bonds is 3. The second-order valence-corrected chi connectivity index (χ2v) is 8.51. The second-order valence-electron chi connectivity index (χ2n) is 6.59. The third-order valence-corrected chi connectivity index (χ3v) is 6.72. The summed E-state index contributed by atoms with van der Waals surface area (Å²) in [6.45, 7) is 3.19. The van der Waals surface area contributed by atoms with Crippen molar-refractivity contribution in [3.63, 3.8) is 0 Å². The van der Waals surface area contributed by atoms with Gasteiger partial charge in [-0.15, -0.1) is 22.7 Å². The predicted octanol–water partition coefficient (Wildman–Crippen LogP) is 5.55. The summed E-state index contributed by atoms with van der Waals surface area (Å²) < 4.78 is 15.4. The maximum atomic E-state index is 14.5. The van der Waals surface area contributed by atoms with E-state index in [1.165, 1.54) is 27.9 Å². The first-order valence-electron chi connectivity index (χ1n) is 8.81. The highest BCUT2D eigenvalue weighted by Gasteiger charge is 2.18. The van der Waals surface area contributed by atoms with Gasteiger partial charge < -0.3 is 10.6 Å². The number of thiazole rings is 1. The van der Waals surface area contributed by atoms with Gasteiger partial charge in [-0.2, -0.15) is 0 Å². The molecule has 4 heterocycles. The van der Waals surface area contributed by atoms with Crippen LogP contribution in [-0.2, 0) is 0 Å². The summed E-state index contributed by atoms with van der Waals surface area (Å²) >= 11 is 3.12. The minimum atomic E-state index is -0.278. The zero-order valence-electron chi connectivity index (χ0n) is 14.6. The number of hydrogen-bond acceptors (Lipinski definition) is 6. The lowest BCUT2D eigenvalue weighted by Crippen LogP contribution is -2.30. The van der Waals surface area contributed by atoms with Crippen molar-refractivity contribution < 1.29 is 4.39 Å². The fourth-order valence-corrected chi connectivity index (χ4v) is 5.28. The quantitative estimate of drug-likeness (QED) is 0.476. The molecule has 0 fully saturated rings. The molecule has 4 nitrogen and oxygen atoms in total. The number of nitrogens with one attached hydrogen (secondary N) is 2. The van der Waals surface area contributed by atoms with Crippen molar-refractivity contribution in [1.29, 1.82) is 0 Å². The lowest BCUT2D eigenvalue weighted by atomic mass is 10.0. The normalized spacial score (nSPS) is 17.4. The van der Waals surface area contributed by atoms with Crippen molar-refractivity contribution in [1.82, 2.24) is 15.3 Å². The number of pyridine rings is 1. The van der Waals surface area contributed by atoms with E-state index in [1.54, 1.807) is 29.1 Å². The molecule has 0 bridgehead atoms. The molecule has 1 aliphatic heterocycles. The smallest absolute Gasteiger partial charge is 0.148 e. The van der Waals surface area contributed by atoms with Gasteiger partial charge in [-0.1, -0.05) is 6.08 Å². The van der Waals surface area contributed by atoms with Crippen LogP contribution in [0.25, 0.3) is 26.0 Å². The van der Waals surface area contributed by atoms with Crippen LogP contribution in [0.4, 0.5) is 15.8 Å². The van der Waals surface area contributed by atoms with Crippen LogP contribution in [0.5, 0.6) is 0 Å². The van der Waals surface area contributed by atoms with Gasteiger partial charge in [-0.3, -0.25) is 0 Å². The number of anilines is 2. The van der Waals surface area contributed by atoms with Gasteiger partial charge >= 0.3 is 0 Å². The second kappa shape index (κ2) is 6.67. The summed E-state index contributed by atoms with van der Waals surface area (Å²) in [6, 6.07) is 7.67. The summed E-state index contributed by atoms with van der Waals surface area (Å²) in [7, 11) is 0. The van der Waals surface area contributed by atoms with Crippen molar-refractivity contribution in [2.24, 2.45) is 0 Å². The van der Waals surface area contributed by atoms with Crippen molar-refractivity contribution >= 4 is 60.1 Å². The standard InChI is InChI=1S/C20H17FN4S2/c1-11-12(3-2-5-22-11)18-7-13-15(4-6-23-20(13)27-18)25-16-9-17-19(8-14(16)21)26-10-24-17/h3-4,6-11,22H,2,5H2,1H3,(H,23,25). The first-order valence-corrected chi connectivity index (χ1v) is 10.5. The van der Waals surface area contributed by atoms with Crippen LogP contribution >= 0.6 is 22.7 Å². The third kappa shape index (κ3) is 3.01. The molecule has 0 saturated heterocycles. The SMILES string of the molecule is CC1NCCC=C1c1cc2c(Nc3cc4ncsc4cc3F)ccnc2s1. The molecule has 1 unspecified atom stereocenters. The number of benzene rings is 1. The largest absolute Gasteiger partial charge is 0.352 e. The van der Waals surface area contributed by atoms with E-state index < -0.39 is 0 Å². The molecule has 0 spiro atoms. The number of thiophene rings is 1. The topological polar surface area (TPSA) is 49.8 Å². The zero-order valence-corrected chi connectivity index (χ0v) is 16.3. The first-order chi connectivity index (χ1) is 13.2. The highest BCUT2D eigenvalue weighted by atomic mass is 32.1. The highest BCUT2D eigenvalue weighted by molar-refractivity contribution is 7.19. The molecule has 1 aromatic carbocycles. The van der Waals surface area contributed by atoms with Gasteiger partial charge in [0.05, 0.1) is 27.1 Å². The number of halogens is 1. The minimum absolute atomic E-state index is 0.278. The summed E-state index contributed by atoms with van der Waals surface area (Å²) in [5.41, 5.74) is 5.13. The van der Waals surface area contributed by atoms with Crippen LogP contribution in [0.2, 0.25) is 0 Å². The Hall–Kier alpha value is -2.35. The highest BCUT2D eigenvalue weighted by Crippen LogP contribution is 2.37. The Morgan fingerprint density at radius 1 is 1.22 bits per heavy atom. The summed E-state index contributed by atoms with van der Waals surface area (Å²) in [4.78, 5) is 11.0. The van der Waals surface area contributed by atoms with E-state index in [0.717, 1.165) is 39.1 Å². The molecule has 3 aromatic heterocycles. The maximum absolute atomic E-state index is 14.5. The molecule has 0 radical (unpaired) electrons. The Morgan fingerprint density at radius 2 is 2.15 bits per heavy atom. The lowest BCUT2D eigenvalue weighted by molar-refractivity contribution is 0.628. The van der Waals surface area contributed by atoms with E-state index in [-0.39, 0.29) is 5.82 Å². The summed E-state index contributed by atoms with van der Waals surface area (Å²) in [6.07, 6.45) is 5.10. The van der Waals surface area contributed by atoms with E-state index in [0.29, 0.717) is 11.7 Å². The lowest BCUT2D eigenvalue weighted by Gasteiger charge is -2.21. The number of aromatic nitrogens is 2. The van der Waals surface area contributed by atoms with E-state index >= 15 is 0 Å². The van der Waals surface area contributed by atoms with Crippen molar-refractivity contribution in [3.8, 4) is 0 Å². The Morgan fingerprint density at radius 3 is 3.04 bits per heavy atom. The number of nitrogens with zero attached hydrogens (tertiary/aromatic N) is 2. The molecular formula is C20H17FN4S2. The van der Waals surface area contributed by atoms with Crippen LogP contribution < -0.4 is 10.6 Å². The molecule has 2 N–H and O–H groups in total. The maximum Gasteiger partial charge on any atom is 0.148 e. The zero-order chi connectivity index (χ0) is 18.4. The van der Waals surface area contributed by atoms with E-state index in [2.05, 4.69) is 39.7 Å². The summed E-state index contributed by atoms with van der Waals surface area (Å²) in [5, 5.41) is 7.75. The van der Waals surface area contributed by atoms with Gasteiger partial charge in [0, 0.05) is 22.5 Å². The first kappa shape index (κ1) is 16.8. The average Bonchev–Trinajstić information content (AvgIpc) is 3.29. The Kier molecular flexibility index (Phi) is 4.15. The minimum Gasteiger partial charge on any atom is -0.352 e. The number of fused-ring (bicyclic) bond motifs is 2. The molecule has 27 heavy (non-hydrogen) atoms. The van der Waals surface area contributed by atoms with Crippen LogP contribution in [0.1, 0.15) is 18.2 Å². The third-order valence-electron chi connectivity index (χ3n) is 4.84. The van der Waals surface area contributed by atoms with Crippen molar-refractivity contribution in [2.75, 3.05) is 11.9 Å². The van der Waals surface area contributed by atoms with E-state index in [4.69, 9.17) is 0 Å². The Labute approximate surface area is 163 Å². The molecule has 0 amide bonds. The molecule has 1 atom stereocenters. The van der Waals surface area contributed by atoms with Crippen LogP contribution in [0.15, 0.2) is 42.0 Å². The molecule has 0 aliphatic carbocycles. The van der Waals surface area contributed by atoms with Crippen molar-refractivity contribution in [2.45, 2.75) is 19.4 Å². The Balaban J connectivity index is 1.56. The molecule has 136 valence electrons. The molecule has 0 saturated carbocycles. The summed E-state index contributed by atoms with van der Waals surface area (Å²) in [5.74, 6) is -0.278. The van der Waals surface area contributed by atoms with E-state index in [1.807, 2.05) is 6.07 Å². The molecule has 7 heteroatoms. The van der Waals surface area contributed by atoms with Crippen LogP contribution in [-0.4, -0.2) is 22.6 Å². The fraction of sp³-hybridized carbons (Fsp3) is 0.200. The van der Waals surface area contributed by atoms with Gasteiger partial charge in [0.2, 0.25) is 0 Å². The van der Waals surface area contributed by atoms with Gasteiger partial charge in [-0.25, -0.2) is 14.4 Å². The van der Waals surface area contributed by atoms with Gasteiger partial charge in [0.25, 0.3) is 0 Å². The monoisotopic (exact) mass is 396 g/mol. The Bertz CT molecular complexity index is 1180. The van der Waals surface area contributed by atoms with Crippen LogP contribution in [0, 0.1) is 5.82 Å². The van der Waals surface area contributed by atoms with Crippen molar-refractivity contribution in [3.05, 3.63) is 52.7 Å². The molecule has 1 aliphatic rings. The number of hydrogen-bond donors (Lipinski definition) is 2. The molecular weight excluding hydrogens is 379 g/mol.